The summed E-state index contributed by atoms with van der Waals surface area (Å²) in [4.78, 5) is 26.6. The number of nitrogens with one attached hydrogen (secondary N) is 1. The third-order valence-corrected chi connectivity index (χ3v) is 4.82. The molecule has 10 nitrogen and oxygen atoms in total. The van der Waals surface area contributed by atoms with Crippen molar-refractivity contribution in [3.05, 3.63) is 42.5 Å². The van der Waals surface area contributed by atoms with Crippen molar-refractivity contribution in [2.75, 3.05) is 29.1 Å². The molecule has 32 heavy (non-hydrogen) atoms. The normalized spacial score (nSPS) is 17.6. The molecule has 0 unspecified atom stereocenters. The van der Waals surface area contributed by atoms with Gasteiger partial charge in [-0.2, -0.15) is 8.78 Å². The highest BCUT2D eigenvalue weighted by atomic mass is 19.3. The number of nitrogen functional groups attached to an aromatic ring is 1. The summed E-state index contributed by atoms with van der Waals surface area (Å²) in [7, 11) is 0. The first kappa shape index (κ1) is 21.5. The first-order valence-electron chi connectivity index (χ1n) is 9.46. The van der Waals surface area contributed by atoms with Gasteiger partial charge >= 0.3 is 6.61 Å². The number of fused-ring (bicyclic) bond motifs is 1. The number of aliphatic hydroxyl groups excluding tert-OH is 1. The number of benzene rings is 2. The number of rotatable bonds is 6. The quantitative estimate of drug-likeness (QED) is 0.518. The van der Waals surface area contributed by atoms with Crippen molar-refractivity contribution in [1.82, 2.24) is 5.16 Å². The Balaban J connectivity index is 1.50. The van der Waals surface area contributed by atoms with Gasteiger partial charge in [0.2, 0.25) is 0 Å². The maximum absolute atomic E-state index is 12.9. The molecule has 0 bridgehead atoms. The zero-order chi connectivity index (χ0) is 22.8. The smallest absolute Gasteiger partial charge is 0.387 e. The topological polar surface area (TPSA) is 140 Å². The number of hydrogen-bond donors (Lipinski definition) is 3. The van der Waals surface area contributed by atoms with Crippen LogP contribution in [0.1, 0.15) is 0 Å². The van der Waals surface area contributed by atoms with E-state index in [1.54, 1.807) is 12.1 Å². The molecule has 0 radical (unpaired) electrons. The average Bonchev–Trinajstić information content (AvgIpc) is 3.13. The van der Waals surface area contributed by atoms with E-state index in [9.17, 15) is 23.5 Å². The zero-order valence-corrected chi connectivity index (χ0v) is 16.4. The molecular weight excluding hydrogens is 430 g/mol. The van der Waals surface area contributed by atoms with E-state index >= 15 is 0 Å². The lowest BCUT2D eigenvalue weighted by Gasteiger charge is -2.34. The van der Waals surface area contributed by atoms with Crippen LogP contribution in [0, 0.1) is 0 Å². The molecule has 1 aromatic heterocycles. The summed E-state index contributed by atoms with van der Waals surface area (Å²) in [6.07, 6.45) is -3.42. The summed E-state index contributed by atoms with van der Waals surface area (Å²) < 4.78 is 40.3. The van der Waals surface area contributed by atoms with Crippen LogP contribution < -0.4 is 20.7 Å². The first-order valence-corrected chi connectivity index (χ1v) is 9.46. The molecule has 4 N–H and O–H groups in total. The number of anilines is 3. The number of aliphatic hydroxyl groups is 1. The average molecular weight is 448 g/mol. The Labute approximate surface area is 179 Å². The Morgan fingerprint density at radius 2 is 2.09 bits per heavy atom. The number of ether oxygens (including phenoxy) is 2. The van der Waals surface area contributed by atoms with Crippen molar-refractivity contribution in [2.45, 2.75) is 18.8 Å². The van der Waals surface area contributed by atoms with E-state index in [0.29, 0.717) is 11.0 Å². The highest BCUT2D eigenvalue weighted by molar-refractivity contribution is 6.05. The van der Waals surface area contributed by atoms with Gasteiger partial charge in [-0.1, -0.05) is 17.3 Å². The van der Waals surface area contributed by atoms with Gasteiger partial charge in [-0.05, 0) is 24.3 Å². The lowest BCUT2D eigenvalue weighted by molar-refractivity contribution is -0.150. The second kappa shape index (κ2) is 8.77. The van der Waals surface area contributed by atoms with Crippen LogP contribution in [0.25, 0.3) is 11.0 Å². The van der Waals surface area contributed by atoms with Crippen LogP contribution in [0.3, 0.4) is 0 Å². The lowest BCUT2D eigenvalue weighted by atomic mass is 10.1. The van der Waals surface area contributed by atoms with Crippen LogP contribution in [0.2, 0.25) is 0 Å². The van der Waals surface area contributed by atoms with Gasteiger partial charge in [-0.15, -0.1) is 0 Å². The fourth-order valence-electron chi connectivity index (χ4n) is 3.34. The minimum atomic E-state index is -3.09. The van der Waals surface area contributed by atoms with Crippen LogP contribution in [0.15, 0.2) is 47.0 Å². The molecule has 0 saturated carbocycles. The number of hydrogen-bond acceptors (Lipinski definition) is 8. The van der Waals surface area contributed by atoms with Crippen LogP contribution >= 0.6 is 0 Å². The van der Waals surface area contributed by atoms with Gasteiger partial charge in [0.05, 0.1) is 17.7 Å². The fourth-order valence-corrected chi connectivity index (χ4v) is 3.34. The van der Waals surface area contributed by atoms with Crippen LogP contribution in [-0.4, -0.2) is 54.0 Å². The summed E-state index contributed by atoms with van der Waals surface area (Å²) in [6.45, 7) is -3.10. The van der Waals surface area contributed by atoms with E-state index < -0.39 is 30.6 Å². The first-order chi connectivity index (χ1) is 15.3. The number of carbonyl (C=O) groups excluding carboxylic acids is 2. The summed E-state index contributed by atoms with van der Waals surface area (Å²) >= 11 is 0. The second-order valence-corrected chi connectivity index (χ2v) is 6.84. The van der Waals surface area contributed by atoms with Crippen LogP contribution in [0.5, 0.6) is 5.75 Å². The largest absolute Gasteiger partial charge is 0.433 e. The number of halogens is 2. The fraction of sp³-hybridized carbons (Fsp3) is 0.250. The summed E-state index contributed by atoms with van der Waals surface area (Å²) in [5.74, 6) is -1.71. The number of alkyl halides is 2. The molecule has 2 aromatic carbocycles. The van der Waals surface area contributed by atoms with E-state index in [0.717, 1.165) is 4.90 Å². The van der Waals surface area contributed by atoms with Crippen molar-refractivity contribution < 1.29 is 37.5 Å². The standard InChI is InChI=1S/C20H18F2N4O6/c21-20(22)31-13-4-2-1-3-12(13)26-7-8-30-16(19(26)29)15(27)18(28)24-10-5-6-11-14(9-10)32-25-17(11)23/h1-6,9,15-16,20,27H,7-8H2,(H2,23,25)(H,24,28)/t15-,16-/m1/s1. The van der Waals surface area contributed by atoms with Gasteiger partial charge in [-0.3, -0.25) is 9.59 Å². The number of nitrogens with two attached hydrogens (primary N) is 1. The van der Waals surface area contributed by atoms with Crippen molar-refractivity contribution in [3.8, 4) is 5.75 Å². The van der Waals surface area contributed by atoms with Gasteiger partial charge in [-0.25, -0.2) is 0 Å². The Morgan fingerprint density at radius 3 is 2.88 bits per heavy atom. The molecular formula is C20H18F2N4O6. The second-order valence-electron chi connectivity index (χ2n) is 6.84. The zero-order valence-electron chi connectivity index (χ0n) is 16.4. The van der Waals surface area contributed by atoms with Gasteiger partial charge in [0.15, 0.2) is 23.6 Å². The molecule has 1 aliphatic rings. The third kappa shape index (κ3) is 4.18. The Kier molecular flexibility index (Phi) is 5.88. The van der Waals surface area contributed by atoms with E-state index in [1.165, 1.54) is 30.3 Å². The molecule has 1 aliphatic heterocycles. The minimum Gasteiger partial charge on any atom is -0.433 e. The van der Waals surface area contributed by atoms with Gasteiger partial charge in [0, 0.05) is 18.3 Å². The summed E-state index contributed by atoms with van der Waals surface area (Å²) in [5, 5.41) is 17.1. The highest BCUT2D eigenvalue weighted by Crippen LogP contribution is 2.31. The molecule has 0 spiro atoms. The van der Waals surface area contributed by atoms with Crippen molar-refractivity contribution in [1.29, 1.82) is 0 Å². The number of para-hydroxylation sites is 2. The van der Waals surface area contributed by atoms with Crippen molar-refractivity contribution in [2.24, 2.45) is 0 Å². The molecule has 1 saturated heterocycles. The lowest BCUT2D eigenvalue weighted by Crippen LogP contribution is -2.55. The Bertz CT molecular complexity index is 1150. The maximum atomic E-state index is 12.9. The molecule has 2 atom stereocenters. The summed E-state index contributed by atoms with van der Waals surface area (Å²) in [5.41, 5.74) is 6.31. The van der Waals surface area contributed by atoms with Gasteiger partial charge < -0.3 is 35.1 Å². The number of morpholine rings is 1. The molecule has 1 fully saturated rings. The molecule has 4 rings (SSSR count). The minimum absolute atomic E-state index is 0.0247. The third-order valence-electron chi connectivity index (χ3n) is 4.82. The van der Waals surface area contributed by atoms with Crippen LogP contribution in [-0.2, 0) is 14.3 Å². The molecule has 2 heterocycles. The van der Waals surface area contributed by atoms with Crippen molar-refractivity contribution in [3.63, 3.8) is 0 Å². The number of carbonyl (C=O) groups is 2. The van der Waals surface area contributed by atoms with E-state index in [4.69, 9.17) is 15.0 Å². The molecule has 3 aromatic rings. The SMILES string of the molecule is Nc1noc2cc(NC(=O)[C@H](O)[C@H]3OCCN(c4ccccc4OC(F)F)C3=O)ccc12. The van der Waals surface area contributed by atoms with Gasteiger partial charge in [0.1, 0.15) is 5.75 Å². The van der Waals surface area contributed by atoms with E-state index in [1.807, 2.05) is 0 Å². The summed E-state index contributed by atoms with van der Waals surface area (Å²) in [6, 6.07) is 10.3. The van der Waals surface area contributed by atoms with E-state index in [-0.39, 0.29) is 36.1 Å². The Morgan fingerprint density at radius 1 is 1.31 bits per heavy atom. The van der Waals surface area contributed by atoms with Gasteiger partial charge in [0.25, 0.3) is 11.8 Å². The monoisotopic (exact) mass is 448 g/mol. The van der Waals surface area contributed by atoms with E-state index in [2.05, 4.69) is 15.2 Å². The van der Waals surface area contributed by atoms with Crippen molar-refractivity contribution >= 4 is 40.0 Å². The number of aromatic nitrogens is 1. The maximum Gasteiger partial charge on any atom is 0.387 e. The predicted molar refractivity (Wildman–Crippen MR) is 108 cm³/mol. The Hall–Kier alpha value is -3.77. The molecule has 0 aliphatic carbocycles. The highest BCUT2D eigenvalue weighted by Gasteiger charge is 2.40. The number of nitrogens with zero attached hydrogens (tertiary/aromatic N) is 2. The number of amides is 2. The predicted octanol–water partition coefficient (Wildman–Crippen LogP) is 1.74. The molecule has 2 amide bonds. The molecule has 168 valence electrons. The van der Waals surface area contributed by atoms with Crippen LogP contribution in [0.4, 0.5) is 26.0 Å². The molecule has 12 heteroatoms.